The molecule has 0 saturated carbocycles. The molecule has 0 bridgehead atoms. The standard InChI is InChI=1S/C18H19ClFN3O2/c1-3-25-18(24)16(20)14-5-4-8-23-17(14)15(21-22-23)10-12-6-7-13(19)9-11(12)2/h6-7,9H,3-5,8,10H2,1-2H3. The smallest absolute Gasteiger partial charge is 0.367 e. The number of carbonyl (C=O) groups is 1. The van der Waals surface area contributed by atoms with Crippen LogP contribution in [0.15, 0.2) is 24.0 Å². The summed E-state index contributed by atoms with van der Waals surface area (Å²) in [4.78, 5) is 11.8. The van der Waals surface area contributed by atoms with Gasteiger partial charge in [0.05, 0.1) is 18.0 Å². The number of esters is 1. The van der Waals surface area contributed by atoms with E-state index in [-0.39, 0.29) is 6.61 Å². The number of hydrogen-bond donors (Lipinski definition) is 0. The van der Waals surface area contributed by atoms with Gasteiger partial charge in [0.15, 0.2) is 0 Å². The van der Waals surface area contributed by atoms with E-state index in [1.165, 1.54) is 0 Å². The van der Waals surface area contributed by atoms with Gasteiger partial charge in [-0.05, 0) is 49.9 Å². The third kappa shape index (κ3) is 3.58. The molecule has 0 unspecified atom stereocenters. The lowest BCUT2D eigenvalue weighted by molar-refractivity contribution is -0.140. The molecule has 0 radical (unpaired) electrons. The number of ether oxygens (including phenoxy) is 1. The number of benzene rings is 1. The highest BCUT2D eigenvalue weighted by atomic mass is 35.5. The van der Waals surface area contributed by atoms with Crippen LogP contribution in [-0.4, -0.2) is 27.6 Å². The predicted molar refractivity (Wildman–Crippen MR) is 92.9 cm³/mol. The Morgan fingerprint density at radius 3 is 2.96 bits per heavy atom. The minimum atomic E-state index is -0.930. The van der Waals surface area contributed by atoms with Crippen LogP contribution in [0.25, 0.3) is 5.57 Å². The summed E-state index contributed by atoms with van der Waals surface area (Å²) in [6.07, 6.45) is 1.67. The van der Waals surface area contributed by atoms with Crippen LogP contribution in [0.4, 0.5) is 4.39 Å². The average Bonchev–Trinajstić information content (AvgIpc) is 3.00. The Labute approximate surface area is 150 Å². The van der Waals surface area contributed by atoms with E-state index in [0.29, 0.717) is 47.8 Å². The maximum atomic E-state index is 14.6. The van der Waals surface area contributed by atoms with Gasteiger partial charge in [-0.3, -0.25) is 0 Å². The summed E-state index contributed by atoms with van der Waals surface area (Å²) < 4.78 is 21.1. The molecule has 2 aromatic rings. The molecular formula is C18H19ClFN3O2. The molecule has 132 valence electrons. The van der Waals surface area contributed by atoms with Crippen LogP contribution >= 0.6 is 11.6 Å². The van der Waals surface area contributed by atoms with Crippen LogP contribution in [0.5, 0.6) is 0 Å². The molecule has 25 heavy (non-hydrogen) atoms. The Balaban J connectivity index is 2.00. The first-order valence-corrected chi connectivity index (χ1v) is 8.62. The minimum Gasteiger partial charge on any atom is -0.461 e. The number of halogens is 2. The van der Waals surface area contributed by atoms with Gasteiger partial charge >= 0.3 is 5.97 Å². The van der Waals surface area contributed by atoms with Crippen LogP contribution < -0.4 is 0 Å². The summed E-state index contributed by atoms with van der Waals surface area (Å²) in [6.45, 7) is 4.40. The molecule has 0 N–H and O–H groups in total. The Bertz CT molecular complexity index is 845. The number of nitrogens with zero attached hydrogens (tertiary/aromatic N) is 3. The van der Waals surface area contributed by atoms with Crippen molar-refractivity contribution >= 4 is 23.1 Å². The summed E-state index contributed by atoms with van der Waals surface area (Å²) >= 11 is 6.00. The van der Waals surface area contributed by atoms with E-state index in [1.54, 1.807) is 11.6 Å². The van der Waals surface area contributed by atoms with Gasteiger partial charge in [-0.15, -0.1) is 5.10 Å². The molecule has 0 atom stereocenters. The van der Waals surface area contributed by atoms with Gasteiger partial charge in [0.1, 0.15) is 0 Å². The summed E-state index contributed by atoms with van der Waals surface area (Å²) in [7, 11) is 0. The topological polar surface area (TPSA) is 57.0 Å². The van der Waals surface area contributed by atoms with Crippen molar-refractivity contribution in [3.63, 3.8) is 0 Å². The van der Waals surface area contributed by atoms with E-state index in [1.807, 2.05) is 25.1 Å². The van der Waals surface area contributed by atoms with E-state index in [2.05, 4.69) is 10.3 Å². The van der Waals surface area contributed by atoms with Gasteiger partial charge in [-0.2, -0.15) is 4.39 Å². The lowest BCUT2D eigenvalue weighted by atomic mass is 9.96. The fourth-order valence-corrected chi connectivity index (χ4v) is 3.27. The van der Waals surface area contributed by atoms with E-state index >= 15 is 0 Å². The van der Waals surface area contributed by atoms with Gasteiger partial charge in [0, 0.05) is 23.6 Å². The molecule has 1 aliphatic heterocycles. The van der Waals surface area contributed by atoms with Crippen molar-refractivity contribution in [3.05, 3.63) is 51.6 Å². The molecular weight excluding hydrogens is 345 g/mol. The fraction of sp³-hybridized carbons (Fsp3) is 0.389. The van der Waals surface area contributed by atoms with Gasteiger partial charge in [-0.25, -0.2) is 9.48 Å². The second kappa shape index (κ2) is 7.35. The molecule has 7 heteroatoms. The maximum absolute atomic E-state index is 14.6. The quantitative estimate of drug-likeness (QED) is 0.611. The number of rotatable bonds is 4. The molecule has 0 saturated heterocycles. The van der Waals surface area contributed by atoms with Crippen molar-refractivity contribution in [2.75, 3.05) is 6.61 Å². The van der Waals surface area contributed by atoms with E-state index in [9.17, 15) is 9.18 Å². The summed E-state index contributed by atoms with van der Waals surface area (Å²) in [5, 5.41) is 9.01. The monoisotopic (exact) mass is 363 g/mol. The van der Waals surface area contributed by atoms with Crippen molar-refractivity contribution in [2.45, 2.75) is 39.7 Å². The highest BCUT2D eigenvalue weighted by Crippen LogP contribution is 2.33. The van der Waals surface area contributed by atoms with Crippen LogP contribution in [0.1, 0.15) is 42.3 Å². The fourth-order valence-electron chi connectivity index (χ4n) is 3.05. The molecule has 1 aromatic carbocycles. The maximum Gasteiger partial charge on any atom is 0.367 e. The SMILES string of the molecule is CCOC(=O)C(F)=C1CCCn2nnc(Cc3ccc(Cl)cc3C)c21. The van der Waals surface area contributed by atoms with Crippen LogP contribution in [0.2, 0.25) is 5.02 Å². The van der Waals surface area contributed by atoms with Crippen molar-refractivity contribution in [1.29, 1.82) is 0 Å². The Kier molecular flexibility index (Phi) is 5.18. The second-order valence-corrected chi connectivity index (χ2v) is 6.41. The van der Waals surface area contributed by atoms with Gasteiger partial charge < -0.3 is 4.74 Å². The summed E-state index contributed by atoms with van der Waals surface area (Å²) in [5.41, 5.74) is 3.64. The predicted octanol–water partition coefficient (Wildman–Crippen LogP) is 3.87. The number of aryl methyl sites for hydroxylation is 2. The summed E-state index contributed by atoms with van der Waals surface area (Å²) in [6, 6.07) is 5.62. The molecule has 1 aromatic heterocycles. The first kappa shape index (κ1) is 17.6. The van der Waals surface area contributed by atoms with Crippen LogP contribution in [0.3, 0.4) is 0 Å². The number of fused-ring (bicyclic) bond motifs is 1. The van der Waals surface area contributed by atoms with Gasteiger partial charge in [-0.1, -0.05) is 22.9 Å². The van der Waals surface area contributed by atoms with Crippen molar-refractivity contribution in [2.24, 2.45) is 0 Å². The normalized spacial score (nSPS) is 15.7. The third-order valence-corrected chi connectivity index (χ3v) is 4.50. The Morgan fingerprint density at radius 2 is 2.24 bits per heavy atom. The molecule has 0 amide bonds. The number of aromatic nitrogens is 3. The zero-order valence-corrected chi connectivity index (χ0v) is 14.9. The summed E-state index contributed by atoms with van der Waals surface area (Å²) in [5.74, 6) is -1.78. The number of hydrogen-bond acceptors (Lipinski definition) is 4. The van der Waals surface area contributed by atoms with E-state index in [0.717, 1.165) is 11.1 Å². The Morgan fingerprint density at radius 1 is 1.44 bits per heavy atom. The van der Waals surface area contributed by atoms with Crippen molar-refractivity contribution < 1.29 is 13.9 Å². The van der Waals surface area contributed by atoms with Crippen molar-refractivity contribution in [1.82, 2.24) is 15.0 Å². The largest absolute Gasteiger partial charge is 0.461 e. The number of carbonyl (C=O) groups excluding carboxylic acids is 1. The van der Waals surface area contributed by atoms with Gasteiger partial charge in [0.25, 0.3) is 0 Å². The average molecular weight is 364 g/mol. The highest BCUT2D eigenvalue weighted by molar-refractivity contribution is 6.30. The van der Waals surface area contributed by atoms with E-state index in [4.69, 9.17) is 16.3 Å². The first-order valence-electron chi connectivity index (χ1n) is 8.24. The van der Waals surface area contributed by atoms with Crippen molar-refractivity contribution in [3.8, 4) is 0 Å². The minimum absolute atomic E-state index is 0.133. The second-order valence-electron chi connectivity index (χ2n) is 5.97. The molecule has 1 aliphatic rings. The lowest BCUT2D eigenvalue weighted by Crippen LogP contribution is -2.15. The van der Waals surface area contributed by atoms with E-state index < -0.39 is 11.8 Å². The third-order valence-electron chi connectivity index (χ3n) is 4.27. The highest BCUT2D eigenvalue weighted by Gasteiger charge is 2.27. The molecule has 0 fully saturated rings. The van der Waals surface area contributed by atoms with Gasteiger partial charge in [0.2, 0.25) is 5.83 Å². The molecule has 5 nitrogen and oxygen atoms in total. The molecule has 2 heterocycles. The lowest BCUT2D eigenvalue weighted by Gasteiger charge is -2.18. The molecule has 0 aliphatic carbocycles. The molecule has 0 spiro atoms. The number of allylic oxidation sites excluding steroid dienone is 1. The molecule has 3 rings (SSSR count). The Hall–Kier alpha value is -2.21. The zero-order valence-electron chi connectivity index (χ0n) is 14.2. The van der Waals surface area contributed by atoms with Crippen LogP contribution in [-0.2, 0) is 22.5 Å². The first-order chi connectivity index (χ1) is 12.0. The van der Waals surface area contributed by atoms with Crippen LogP contribution in [0, 0.1) is 6.92 Å². The zero-order chi connectivity index (χ0) is 18.0.